The Morgan fingerprint density at radius 3 is 1.77 bits per heavy atom. The Hall–Kier alpha value is -4.99. The van der Waals surface area contributed by atoms with Crippen molar-refractivity contribution in [2.45, 2.75) is 69.9 Å². The maximum absolute atomic E-state index is 11.5. The Bertz CT molecular complexity index is 1700. The molecule has 0 heterocycles. The molecule has 0 aliphatic heterocycles. The van der Waals surface area contributed by atoms with Gasteiger partial charge in [0.25, 0.3) is 0 Å². The number of methoxy groups -OCH3 is 3. The van der Waals surface area contributed by atoms with Gasteiger partial charge in [0.2, 0.25) is 0 Å². The number of hydrogen-bond acceptors (Lipinski definition) is 9. The predicted molar refractivity (Wildman–Crippen MR) is 173 cm³/mol. The minimum atomic E-state index is -0.375. The summed E-state index contributed by atoms with van der Waals surface area (Å²) >= 11 is 0. The number of carbonyl (C=O) groups excluding carboxylic acids is 4. The van der Waals surface area contributed by atoms with Crippen molar-refractivity contribution in [2.24, 2.45) is 5.11 Å². The number of aliphatic hydroxyl groups excluding tert-OH is 1. The van der Waals surface area contributed by atoms with Crippen molar-refractivity contribution in [3.8, 4) is 0 Å². The third kappa shape index (κ3) is 8.64. The van der Waals surface area contributed by atoms with E-state index >= 15 is 0 Å². The number of carbonyl (C=O) groups is 4. The molecule has 3 aromatic rings. The highest BCUT2D eigenvalue weighted by molar-refractivity contribution is 6.00. The summed E-state index contributed by atoms with van der Waals surface area (Å²) in [5, 5.41) is 13.5. The SMILES string of the molecule is COC(=O)c1ccc2c(c1)CCCC2=O.COC(=O)c1ccc2c(c1)CCC[C@@H]2O.COC(=O)c1ccc2c(c1)CCC[C@H]2N=[N+]=[N-]. The van der Waals surface area contributed by atoms with Gasteiger partial charge in [-0.1, -0.05) is 23.3 Å². The van der Waals surface area contributed by atoms with E-state index < -0.39 is 0 Å². The third-order valence-corrected chi connectivity index (χ3v) is 8.56. The molecule has 11 nitrogen and oxygen atoms in total. The lowest BCUT2D eigenvalue weighted by Gasteiger charge is -2.22. The Morgan fingerprint density at radius 2 is 1.19 bits per heavy atom. The molecule has 47 heavy (non-hydrogen) atoms. The van der Waals surface area contributed by atoms with Crippen LogP contribution in [0.2, 0.25) is 0 Å². The summed E-state index contributed by atoms with van der Waals surface area (Å²) in [5.74, 6) is -0.833. The first kappa shape index (κ1) is 34.9. The average Bonchev–Trinajstić information content (AvgIpc) is 3.11. The van der Waals surface area contributed by atoms with Crippen LogP contribution in [-0.4, -0.2) is 50.1 Å². The minimum Gasteiger partial charge on any atom is -0.465 e. The van der Waals surface area contributed by atoms with Crippen molar-refractivity contribution in [1.29, 1.82) is 0 Å². The van der Waals surface area contributed by atoms with Gasteiger partial charge in [0, 0.05) is 16.9 Å². The molecular formula is C36H39N3O8. The van der Waals surface area contributed by atoms with Crippen LogP contribution in [0, 0.1) is 0 Å². The van der Waals surface area contributed by atoms with Crippen LogP contribution < -0.4 is 0 Å². The monoisotopic (exact) mass is 641 g/mol. The van der Waals surface area contributed by atoms with Crippen LogP contribution in [0.3, 0.4) is 0 Å². The predicted octanol–water partition coefficient (Wildman–Crippen LogP) is 7.00. The van der Waals surface area contributed by atoms with E-state index in [0.29, 0.717) is 23.1 Å². The molecule has 1 N–H and O–H groups in total. The molecule has 6 rings (SSSR count). The van der Waals surface area contributed by atoms with Crippen molar-refractivity contribution in [2.75, 3.05) is 21.3 Å². The van der Waals surface area contributed by atoms with Gasteiger partial charge in [-0.15, -0.1) is 0 Å². The minimum absolute atomic E-state index is 0.101. The fourth-order valence-electron chi connectivity index (χ4n) is 6.14. The first-order valence-corrected chi connectivity index (χ1v) is 15.6. The topological polar surface area (TPSA) is 165 Å². The smallest absolute Gasteiger partial charge is 0.337 e. The van der Waals surface area contributed by atoms with Crippen molar-refractivity contribution in [3.63, 3.8) is 0 Å². The molecule has 2 atom stereocenters. The number of rotatable bonds is 4. The lowest BCUT2D eigenvalue weighted by Crippen LogP contribution is -2.12. The highest BCUT2D eigenvalue weighted by Crippen LogP contribution is 2.33. The number of Topliss-reactive ketones (excluding diaryl/α,β-unsaturated/α-hetero) is 1. The molecule has 0 aromatic heterocycles. The Morgan fingerprint density at radius 1 is 0.702 bits per heavy atom. The Kier molecular flexibility index (Phi) is 12.3. The molecule has 11 heteroatoms. The van der Waals surface area contributed by atoms with Crippen LogP contribution in [0.15, 0.2) is 59.7 Å². The van der Waals surface area contributed by atoms with Crippen molar-refractivity contribution >= 4 is 23.7 Å². The largest absolute Gasteiger partial charge is 0.465 e. The van der Waals surface area contributed by atoms with Crippen LogP contribution >= 0.6 is 0 Å². The third-order valence-electron chi connectivity index (χ3n) is 8.56. The van der Waals surface area contributed by atoms with Crippen LogP contribution in [0.1, 0.15) is 120 Å². The molecule has 3 aromatic carbocycles. The average molecular weight is 642 g/mol. The number of azide groups is 1. The fraction of sp³-hybridized carbons (Fsp3) is 0.389. The molecule has 3 aliphatic rings. The number of benzene rings is 3. The van der Waals surface area contributed by atoms with E-state index in [1.807, 2.05) is 24.3 Å². The summed E-state index contributed by atoms with van der Waals surface area (Å²) in [5.41, 5.74) is 16.0. The zero-order valence-electron chi connectivity index (χ0n) is 26.9. The normalized spacial score (nSPS) is 17.3. The molecule has 0 saturated carbocycles. The molecule has 3 aliphatic carbocycles. The number of aliphatic hydroxyl groups is 1. The van der Waals surface area contributed by atoms with E-state index in [2.05, 4.69) is 24.2 Å². The van der Waals surface area contributed by atoms with Gasteiger partial charge in [0.15, 0.2) is 5.78 Å². The second kappa shape index (κ2) is 16.5. The maximum atomic E-state index is 11.5. The number of nitrogens with zero attached hydrogens (tertiary/aromatic N) is 3. The van der Waals surface area contributed by atoms with Gasteiger partial charge in [-0.05, 0) is 121 Å². The summed E-state index contributed by atoms with van der Waals surface area (Å²) in [4.78, 5) is 48.4. The highest BCUT2D eigenvalue weighted by atomic mass is 16.5. The highest BCUT2D eigenvalue weighted by Gasteiger charge is 2.22. The molecule has 246 valence electrons. The summed E-state index contributed by atoms with van der Waals surface area (Å²) < 4.78 is 14.0. The van der Waals surface area contributed by atoms with Gasteiger partial charge in [0.05, 0.1) is 50.2 Å². The number of ether oxygens (including phenoxy) is 3. The van der Waals surface area contributed by atoms with Gasteiger partial charge in [-0.3, -0.25) is 4.79 Å². The fourth-order valence-corrected chi connectivity index (χ4v) is 6.14. The Labute approximate surface area is 273 Å². The number of esters is 3. The van der Waals surface area contributed by atoms with E-state index in [4.69, 9.17) is 5.53 Å². The van der Waals surface area contributed by atoms with Crippen molar-refractivity contribution in [1.82, 2.24) is 0 Å². The standard InChI is InChI=1S/C12H13N3O2.C12H14O3.C12H12O3/c1-17-12(16)9-5-6-10-8(7-9)3-2-4-11(10)14-15-13;2*1-15-12(14)9-5-6-10-8(7-9)3-2-4-11(10)13/h5-7,11H,2-4H2,1H3;5-7,11,13H,2-4H2,1H3;5-7H,2-4H2,1H3/t2*11-;/m10./s1. The summed E-state index contributed by atoms with van der Waals surface area (Å²) in [6.45, 7) is 0. The molecule has 0 unspecified atom stereocenters. The molecule has 0 fully saturated rings. The van der Waals surface area contributed by atoms with Crippen molar-refractivity contribution in [3.05, 3.63) is 115 Å². The summed E-state index contributed by atoms with van der Waals surface area (Å²) in [7, 11) is 4.09. The van der Waals surface area contributed by atoms with E-state index in [0.717, 1.165) is 84.7 Å². The molecule has 0 radical (unpaired) electrons. The van der Waals surface area contributed by atoms with Crippen LogP contribution in [0.4, 0.5) is 0 Å². The zero-order valence-corrected chi connectivity index (χ0v) is 26.9. The molecular weight excluding hydrogens is 602 g/mol. The number of ketones is 1. The van der Waals surface area contributed by atoms with E-state index in [-0.39, 0.29) is 35.8 Å². The number of fused-ring (bicyclic) bond motifs is 3. The van der Waals surface area contributed by atoms with Gasteiger partial charge in [-0.25, -0.2) is 14.4 Å². The van der Waals surface area contributed by atoms with Gasteiger partial charge >= 0.3 is 17.9 Å². The first-order valence-electron chi connectivity index (χ1n) is 15.6. The summed E-state index contributed by atoms with van der Waals surface area (Å²) in [6.07, 6.45) is 7.45. The van der Waals surface area contributed by atoms with Crippen LogP contribution in [0.25, 0.3) is 10.4 Å². The zero-order chi connectivity index (χ0) is 33.9. The van der Waals surface area contributed by atoms with E-state index in [1.165, 1.54) is 21.3 Å². The van der Waals surface area contributed by atoms with Crippen LogP contribution in [-0.2, 0) is 33.5 Å². The second-order valence-corrected chi connectivity index (χ2v) is 11.5. The van der Waals surface area contributed by atoms with E-state index in [9.17, 15) is 24.3 Å². The molecule has 0 amide bonds. The molecule has 0 bridgehead atoms. The second-order valence-electron chi connectivity index (χ2n) is 11.5. The Balaban J connectivity index is 0.000000160. The van der Waals surface area contributed by atoms with Crippen LogP contribution in [0.5, 0.6) is 0 Å². The van der Waals surface area contributed by atoms with Gasteiger partial charge in [0.1, 0.15) is 0 Å². The molecule has 0 saturated heterocycles. The first-order chi connectivity index (χ1) is 22.7. The lowest BCUT2D eigenvalue weighted by molar-refractivity contribution is 0.0591. The van der Waals surface area contributed by atoms with Gasteiger partial charge < -0.3 is 19.3 Å². The number of aryl methyl sites for hydroxylation is 3. The van der Waals surface area contributed by atoms with Crippen molar-refractivity contribution < 1.29 is 38.5 Å². The van der Waals surface area contributed by atoms with E-state index in [1.54, 1.807) is 30.3 Å². The lowest BCUT2D eigenvalue weighted by atomic mass is 9.87. The molecule has 0 spiro atoms. The van der Waals surface area contributed by atoms with Gasteiger partial charge in [-0.2, -0.15) is 0 Å². The quantitative estimate of drug-likeness (QED) is 0.105. The maximum Gasteiger partial charge on any atom is 0.337 e. The number of hydrogen-bond donors (Lipinski definition) is 1. The summed E-state index contributed by atoms with van der Waals surface area (Å²) in [6, 6.07) is 15.8.